The molecular weight excluding hydrogens is 224 g/mol. The van der Waals surface area contributed by atoms with Gasteiger partial charge in [0.25, 0.3) is 0 Å². The van der Waals surface area contributed by atoms with E-state index in [1.54, 1.807) is 0 Å². The normalized spacial score (nSPS) is 17.5. The fourth-order valence-corrected chi connectivity index (χ4v) is 2.42. The molecule has 2 nitrogen and oxygen atoms in total. The Morgan fingerprint density at radius 2 is 2.22 bits per heavy atom. The molecule has 1 aromatic carbocycles. The van der Waals surface area contributed by atoms with Crippen LogP contribution in [0.5, 0.6) is 5.75 Å². The number of unbranched alkanes of at least 4 members (excludes halogenated alkanes) is 3. The van der Waals surface area contributed by atoms with Crippen LogP contribution in [0.15, 0.2) is 30.9 Å². The van der Waals surface area contributed by atoms with Gasteiger partial charge < -0.3 is 9.84 Å². The zero-order valence-electron chi connectivity index (χ0n) is 10.9. The molecule has 2 heteroatoms. The summed E-state index contributed by atoms with van der Waals surface area (Å²) in [7, 11) is 0. The molecular formula is C16H22O2. The number of ether oxygens (including phenoxy) is 1. The van der Waals surface area contributed by atoms with Crippen molar-refractivity contribution in [1.82, 2.24) is 0 Å². The second kappa shape index (κ2) is 6.60. The average molecular weight is 246 g/mol. The van der Waals surface area contributed by atoms with Crippen LogP contribution in [0.3, 0.4) is 0 Å². The van der Waals surface area contributed by atoms with Gasteiger partial charge in [0.15, 0.2) is 0 Å². The Balaban J connectivity index is 1.75. The number of aryl methyl sites for hydroxylation is 1. The summed E-state index contributed by atoms with van der Waals surface area (Å²) in [6.45, 7) is 4.49. The van der Waals surface area contributed by atoms with Crippen molar-refractivity contribution in [2.75, 3.05) is 6.61 Å². The Morgan fingerprint density at radius 3 is 3.06 bits per heavy atom. The minimum absolute atomic E-state index is 0.270. The molecule has 0 spiro atoms. The van der Waals surface area contributed by atoms with Crippen LogP contribution in [0, 0.1) is 0 Å². The summed E-state index contributed by atoms with van der Waals surface area (Å²) >= 11 is 0. The van der Waals surface area contributed by atoms with Crippen molar-refractivity contribution in [3.63, 3.8) is 0 Å². The number of aliphatic hydroxyl groups is 1. The highest BCUT2D eigenvalue weighted by Gasteiger charge is 2.20. The third kappa shape index (κ3) is 3.36. The average Bonchev–Trinajstić information content (AvgIpc) is 2.75. The first kappa shape index (κ1) is 13.2. The van der Waals surface area contributed by atoms with Gasteiger partial charge in [-0.05, 0) is 61.8 Å². The summed E-state index contributed by atoms with van der Waals surface area (Å²) < 4.78 is 5.74. The second-order valence-electron chi connectivity index (χ2n) is 4.90. The predicted molar refractivity (Wildman–Crippen MR) is 73.9 cm³/mol. The smallest absolute Gasteiger partial charge is 0.119 e. The molecule has 0 saturated carbocycles. The highest BCUT2D eigenvalue weighted by Crippen LogP contribution is 2.33. The van der Waals surface area contributed by atoms with E-state index in [0.29, 0.717) is 0 Å². The third-order valence-electron chi connectivity index (χ3n) is 3.48. The number of benzene rings is 1. The van der Waals surface area contributed by atoms with E-state index in [4.69, 9.17) is 4.74 Å². The third-order valence-corrected chi connectivity index (χ3v) is 3.48. The molecule has 0 fully saturated rings. The van der Waals surface area contributed by atoms with Crippen molar-refractivity contribution >= 4 is 0 Å². The molecule has 98 valence electrons. The van der Waals surface area contributed by atoms with E-state index in [-0.39, 0.29) is 6.10 Å². The Hall–Kier alpha value is -1.28. The summed E-state index contributed by atoms with van der Waals surface area (Å²) in [6.07, 6.45) is 8.08. The van der Waals surface area contributed by atoms with Gasteiger partial charge in [-0.3, -0.25) is 0 Å². The van der Waals surface area contributed by atoms with Crippen molar-refractivity contribution < 1.29 is 9.84 Å². The summed E-state index contributed by atoms with van der Waals surface area (Å²) in [5.41, 5.74) is 2.32. The van der Waals surface area contributed by atoms with Gasteiger partial charge in [-0.1, -0.05) is 12.1 Å². The Morgan fingerprint density at radius 1 is 1.33 bits per heavy atom. The molecule has 0 amide bonds. The molecule has 2 rings (SSSR count). The second-order valence-corrected chi connectivity index (χ2v) is 4.90. The van der Waals surface area contributed by atoms with Gasteiger partial charge in [0, 0.05) is 0 Å². The molecule has 0 radical (unpaired) electrons. The van der Waals surface area contributed by atoms with Crippen LogP contribution in [0.4, 0.5) is 0 Å². The maximum Gasteiger partial charge on any atom is 0.119 e. The highest BCUT2D eigenvalue weighted by molar-refractivity contribution is 5.39. The van der Waals surface area contributed by atoms with Crippen molar-refractivity contribution in [1.29, 1.82) is 0 Å². The highest BCUT2D eigenvalue weighted by atomic mass is 16.5. The SMILES string of the molecule is C=CCCCCCOc1ccc2c(c1)CCC2O. The van der Waals surface area contributed by atoms with Crippen molar-refractivity contribution in [2.45, 2.75) is 44.6 Å². The van der Waals surface area contributed by atoms with Gasteiger partial charge in [0.1, 0.15) is 5.75 Å². The first-order valence-corrected chi connectivity index (χ1v) is 6.86. The molecule has 1 aliphatic carbocycles. The van der Waals surface area contributed by atoms with Crippen LogP contribution in [0.1, 0.15) is 49.3 Å². The molecule has 0 saturated heterocycles. The molecule has 0 bridgehead atoms. The lowest BCUT2D eigenvalue weighted by Crippen LogP contribution is -1.98. The van der Waals surface area contributed by atoms with Gasteiger partial charge in [-0.25, -0.2) is 0 Å². The number of fused-ring (bicyclic) bond motifs is 1. The fraction of sp³-hybridized carbons (Fsp3) is 0.500. The van der Waals surface area contributed by atoms with Crippen LogP contribution >= 0.6 is 0 Å². The molecule has 0 heterocycles. The molecule has 1 atom stereocenters. The quantitative estimate of drug-likeness (QED) is 0.586. The molecule has 18 heavy (non-hydrogen) atoms. The first-order chi connectivity index (χ1) is 8.81. The van der Waals surface area contributed by atoms with Gasteiger partial charge >= 0.3 is 0 Å². The van der Waals surface area contributed by atoms with E-state index < -0.39 is 0 Å². The zero-order valence-corrected chi connectivity index (χ0v) is 10.9. The summed E-state index contributed by atoms with van der Waals surface area (Å²) in [5.74, 6) is 0.937. The van der Waals surface area contributed by atoms with Crippen molar-refractivity contribution in [2.24, 2.45) is 0 Å². The van der Waals surface area contributed by atoms with E-state index in [0.717, 1.165) is 43.6 Å². The number of hydrogen-bond acceptors (Lipinski definition) is 2. The summed E-state index contributed by atoms with van der Waals surface area (Å²) in [5, 5.41) is 9.72. The molecule has 0 aromatic heterocycles. The Bertz CT molecular complexity index is 398. The Labute approximate surface area is 109 Å². The van der Waals surface area contributed by atoms with Crippen LogP contribution in [0.2, 0.25) is 0 Å². The fourth-order valence-electron chi connectivity index (χ4n) is 2.42. The monoisotopic (exact) mass is 246 g/mol. The summed E-state index contributed by atoms with van der Waals surface area (Å²) in [4.78, 5) is 0. The van der Waals surface area contributed by atoms with Gasteiger partial charge in [-0.15, -0.1) is 6.58 Å². The van der Waals surface area contributed by atoms with E-state index in [9.17, 15) is 5.11 Å². The minimum atomic E-state index is -0.270. The lowest BCUT2D eigenvalue weighted by Gasteiger charge is -2.09. The molecule has 1 aromatic rings. The lowest BCUT2D eigenvalue weighted by molar-refractivity contribution is 0.180. The Kier molecular flexibility index (Phi) is 4.82. The number of aliphatic hydroxyl groups excluding tert-OH is 1. The number of allylic oxidation sites excluding steroid dienone is 1. The molecule has 1 N–H and O–H groups in total. The van der Waals surface area contributed by atoms with Gasteiger partial charge in [-0.2, -0.15) is 0 Å². The van der Waals surface area contributed by atoms with Crippen molar-refractivity contribution in [3.05, 3.63) is 42.0 Å². The van der Waals surface area contributed by atoms with Gasteiger partial charge in [0.2, 0.25) is 0 Å². The summed E-state index contributed by atoms with van der Waals surface area (Å²) in [6, 6.07) is 6.05. The molecule has 1 unspecified atom stereocenters. The van der Waals surface area contributed by atoms with Crippen LogP contribution < -0.4 is 4.74 Å². The van der Waals surface area contributed by atoms with E-state index >= 15 is 0 Å². The van der Waals surface area contributed by atoms with E-state index in [1.807, 2.05) is 18.2 Å². The molecule has 1 aliphatic rings. The maximum absolute atomic E-state index is 9.72. The van der Waals surface area contributed by atoms with Crippen molar-refractivity contribution in [3.8, 4) is 5.75 Å². The zero-order chi connectivity index (χ0) is 12.8. The topological polar surface area (TPSA) is 29.5 Å². The lowest BCUT2D eigenvalue weighted by atomic mass is 10.1. The number of rotatable bonds is 7. The van der Waals surface area contributed by atoms with Crippen LogP contribution in [-0.2, 0) is 6.42 Å². The molecule has 0 aliphatic heterocycles. The van der Waals surface area contributed by atoms with Crippen LogP contribution in [-0.4, -0.2) is 11.7 Å². The first-order valence-electron chi connectivity index (χ1n) is 6.86. The number of hydrogen-bond donors (Lipinski definition) is 1. The maximum atomic E-state index is 9.72. The van der Waals surface area contributed by atoms with E-state index in [1.165, 1.54) is 18.4 Å². The predicted octanol–water partition coefficient (Wildman–Crippen LogP) is 3.79. The van der Waals surface area contributed by atoms with Gasteiger partial charge in [0.05, 0.1) is 12.7 Å². The largest absolute Gasteiger partial charge is 0.494 e. The standard InChI is InChI=1S/C16H22O2/c1-2-3-4-5-6-11-18-14-8-9-15-13(12-14)7-10-16(15)17/h2,8-9,12,16-17H,1,3-7,10-11H2. The van der Waals surface area contributed by atoms with Crippen LogP contribution in [0.25, 0.3) is 0 Å². The minimum Gasteiger partial charge on any atom is -0.494 e. The van der Waals surface area contributed by atoms with E-state index in [2.05, 4.69) is 12.6 Å².